The van der Waals surface area contributed by atoms with E-state index in [1.54, 1.807) is 0 Å². The van der Waals surface area contributed by atoms with Crippen LogP contribution in [0.3, 0.4) is 0 Å². The molecule has 2 heterocycles. The second-order valence-electron chi connectivity index (χ2n) is 4.82. The zero-order chi connectivity index (χ0) is 12.8. The predicted octanol–water partition coefficient (Wildman–Crippen LogP) is 2.60. The van der Waals surface area contributed by atoms with Crippen LogP contribution < -0.4 is 10.1 Å². The molecular formula is C13H20ClN3O. The van der Waals surface area contributed by atoms with Crippen molar-refractivity contribution < 1.29 is 4.74 Å². The Labute approximate surface area is 113 Å². The number of piperidine rings is 1. The molecule has 18 heavy (non-hydrogen) atoms. The Morgan fingerprint density at radius 1 is 1.50 bits per heavy atom. The normalized spacial score (nSPS) is 19.8. The second-order valence-corrected chi connectivity index (χ2v) is 5.16. The molecule has 0 amide bonds. The SMILES string of the molecule is Cc1cc(OCCCC2CCCNC2)nc(Cl)n1. The molecule has 0 aliphatic carbocycles. The van der Waals surface area contributed by atoms with Crippen LogP contribution in [0.2, 0.25) is 5.28 Å². The van der Waals surface area contributed by atoms with Gasteiger partial charge in [0.25, 0.3) is 0 Å². The van der Waals surface area contributed by atoms with Gasteiger partial charge in [-0.3, -0.25) is 0 Å². The van der Waals surface area contributed by atoms with Crippen molar-refractivity contribution in [2.24, 2.45) is 5.92 Å². The largest absolute Gasteiger partial charge is 0.478 e. The average molecular weight is 270 g/mol. The molecule has 1 aromatic heterocycles. The van der Waals surface area contributed by atoms with Crippen molar-refractivity contribution in [3.8, 4) is 5.88 Å². The molecule has 0 spiro atoms. The summed E-state index contributed by atoms with van der Waals surface area (Å²) in [6.45, 7) is 4.90. The number of aromatic nitrogens is 2. The van der Waals surface area contributed by atoms with Crippen LogP contribution >= 0.6 is 11.6 Å². The van der Waals surface area contributed by atoms with Gasteiger partial charge in [0.1, 0.15) is 0 Å². The van der Waals surface area contributed by atoms with Crippen LogP contribution in [0.25, 0.3) is 0 Å². The molecule has 5 heteroatoms. The van der Waals surface area contributed by atoms with E-state index in [1.165, 1.54) is 25.8 Å². The van der Waals surface area contributed by atoms with Gasteiger partial charge in [-0.1, -0.05) is 0 Å². The van der Waals surface area contributed by atoms with Crippen molar-refractivity contribution in [1.29, 1.82) is 0 Å². The summed E-state index contributed by atoms with van der Waals surface area (Å²) in [6.07, 6.45) is 4.91. The van der Waals surface area contributed by atoms with Crippen molar-refractivity contribution in [2.75, 3.05) is 19.7 Å². The van der Waals surface area contributed by atoms with Crippen LogP contribution in [-0.2, 0) is 0 Å². The summed E-state index contributed by atoms with van der Waals surface area (Å²) < 4.78 is 5.60. The summed E-state index contributed by atoms with van der Waals surface area (Å²) in [7, 11) is 0. The van der Waals surface area contributed by atoms with Gasteiger partial charge in [-0.2, -0.15) is 4.98 Å². The Morgan fingerprint density at radius 3 is 3.11 bits per heavy atom. The first-order valence-electron chi connectivity index (χ1n) is 6.59. The minimum Gasteiger partial charge on any atom is -0.478 e. The monoisotopic (exact) mass is 269 g/mol. The lowest BCUT2D eigenvalue weighted by Crippen LogP contribution is -2.29. The highest BCUT2D eigenvalue weighted by Gasteiger charge is 2.12. The van der Waals surface area contributed by atoms with Gasteiger partial charge in [0.15, 0.2) is 0 Å². The Bertz CT molecular complexity index is 360. The van der Waals surface area contributed by atoms with Gasteiger partial charge in [0.2, 0.25) is 11.2 Å². The van der Waals surface area contributed by atoms with E-state index in [9.17, 15) is 0 Å². The van der Waals surface area contributed by atoms with Crippen LogP contribution in [0.15, 0.2) is 6.07 Å². The van der Waals surface area contributed by atoms with Crippen LogP contribution in [-0.4, -0.2) is 29.7 Å². The summed E-state index contributed by atoms with van der Waals surface area (Å²) in [5.74, 6) is 1.38. The predicted molar refractivity (Wildman–Crippen MR) is 72.1 cm³/mol. The molecule has 4 nitrogen and oxygen atoms in total. The Hall–Kier alpha value is -0.870. The van der Waals surface area contributed by atoms with Crippen LogP contribution in [0.1, 0.15) is 31.4 Å². The number of hydrogen-bond acceptors (Lipinski definition) is 4. The molecule has 1 fully saturated rings. The number of halogens is 1. The summed E-state index contributed by atoms with van der Waals surface area (Å²) in [5.41, 5.74) is 0.835. The molecule has 1 N–H and O–H groups in total. The van der Waals surface area contributed by atoms with E-state index >= 15 is 0 Å². The molecule has 1 unspecified atom stereocenters. The first-order chi connectivity index (χ1) is 8.74. The van der Waals surface area contributed by atoms with E-state index in [4.69, 9.17) is 16.3 Å². The van der Waals surface area contributed by atoms with Gasteiger partial charge in [-0.05, 0) is 63.2 Å². The van der Waals surface area contributed by atoms with Crippen molar-refractivity contribution in [3.63, 3.8) is 0 Å². The first-order valence-corrected chi connectivity index (χ1v) is 6.96. The van der Waals surface area contributed by atoms with E-state index in [0.717, 1.165) is 24.6 Å². The number of aryl methyl sites for hydroxylation is 1. The van der Waals surface area contributed by atoms with Crippen molar-refractivity contribution >= 4 is 11.6 Å². The summed E-state index contributed by atoms with van der Waals surface area (Å²) >= 11 is 5.77. The zero-order valence-corrected chi connectivity index (χ0v) is 11.5. The molecule has 0 aromatic carbocycles. The van der Waals surface area contributed by atoms with E-state index < -0.39 is 0 Å². The number of ether oxygens (including phenoxy) is 1. The maximum absolute atomic E-state index is 5.77. The fourth-order valence-electron chi connectivity index (χ4n) is 2.30. The lowest BCUT2D eigenvalue weighted by molar-refractivity contribution is 0.267. The molecule has 1 saturated heterocycles. The van der Waals surface area contributed by atoms with E-state index in [1.807, 2.05) is 13.0 Å². The number of nitrogens with one attached hydrogen (secondary N) is 1. The minimum atomic E-state index is 0.251. The van der Waals surface area contributed by atoms with Gasteiger partial charge < -0.3 is 10.1 Å². The molecule has 1 atom stereocenters. The smallest absolute Gasteiger partial charge is 0.225 e. The van der Waals surface area contributed by atoms with E-state index in [2.05, 4.69) is 15.3 Å². The summed E-state index contributed by atoms with van der Waals surface area (Å²) in [4.78, 5) is 8.04. The Balaban J connectivity index is 1.68. The Morgan fingerprint density at radius 2 is 2.39 bits per heavy atom. The standard InChI is InChI=1S/C13H20ClN3O/c1-10-8-12(17-13(14)16-10)18-7-3-5-11-4-2-6-15-9-11/h8,11,15H,2-7,9H2,1H3. The molecule has 100 valence electrons. The van der Waals surface area contributed by atoms with Crippen molar-refractivity contribution in [2.45, 2.75) is 32.6 Å². The van der Waals surface area contributed by atoms with Crippen LogP contribution in [0.5, 0.6) is 5.88 Å². The maximum atomic E-state index is 5.77. The number of hydrogen-bond donors (Lipinski definition) is 1. The summed E-state index contributed by atoms with van der Waals surface area (Å²) in [5, 5.41) is 3.68. The minimum absolute atomic E-state index is 0.251. The van der Waals surface area contributed by atoms with Gasteiger partial charge in [0.05, 0.1) is 6.61 Å². The van der Waals surface area contributed by atoms with Crippen molar-refractivity contribution in [1.82, 2.24) is 15.3 Å². The number of rotatable bonds is 5. The molecule has 0 radical (unpaired) electrons. The summed E-state index contributed by atoms with van der Waals surface area (Å²) in [6, 6.07) is 1.81. The lowest BCUT2D eigenvalue weighted by Gasteiger charge is -2.22. The fourth-order valence-corrected chi connectivity index (χ4v) is 2.51. The van der Waals surface area contributed by atoms with E-state index in [-0.39, 0.29) is 5.28 Å². The molecule has 0 bridgehead atoms. The quantitative estimate of drug-likeness (QED) is 0.659. The van der Waals surface area contributed by atoms with Crippen LogP contribution in [0, 0.1) is 12.8 Å². The zero-order valence-electron chi connectivity index (χ0n) is 10.8. The van der Waals surface area contributed by atoms with Gasteiger partial charge >= 0.3 is 0 Å². The average Bonchev–Trinajstić information content (AvgIpc) is 2.35. The highest BCUT2D eigenvalue weighted by atomic mass is 35.5. The fraction of sp³-hybridized carbons (Fsp3) is 0.692. The van der Waals surface area contributed by atoms with Crippen LogP contribution in [0.4, 0.5) is 0 Å². The third kappa shape index (κ3) is 4.42. The molecule has 1 aliphatic rings. The van der Waals surface area contributed by atoms with E-state index in [0.29, 0.717) is 12.5 Å². The molecule has 1 aliphatic heterocycles. The topological polar surface area (TPSA) is 47.0 Å². The number of nitrogens with zero attached hydrogens (tertiary/aromatic N) is 2. The molecule has 1 aromatic rings. The van der Waals surface area contributed by atoms with Gasteiger partial charge in [-0.25, -0.2) is 4.98 Å². The third-order valence-electron chi connectivity index (χ3n) is 3.21. The highest BCUT2D eigenvalue weighted by molar-refractivity contribution is 6.28. The highest BCUT2D eigenvalue weighted by Crippen LogP contribution is 2.17. The maximum Gasteiger partial charge on any atom is 0.225 e. The first kappa shape index (κ1) is 13.6. The van der Waals surface area contributed by atoms with Gasteiger partial charge in [-0.15, -0.1) is 0 Å². The third-order valence-corrected chi connectivity index (χ3v) is 3.38. The van der Waals surface area contributed by atoms with Gasteiger partial charge in [0, 0.05) is 11.8 Å². The molecular weight excluding hydrogens is 250 g/mol. The van der Waals surface area contributed by atoms with Crippen molar-refractivity contribution in [3.05, 3.63) is 17.0 Å². The lowest BCUT2D eigenvalue weighted by atomic mass is 9.95. The Kier molecular flexibility index (Phi) is 5.20. The second kappa shape index (κ2) is 6.90. The molecule has 0 saturated carbocycles. The molecule has 2 rings (SSSR count).